The number of unbranched alkanes of at least 4 members (excludes halogenated alkanes) is 7. The molecule has 0 aliphatic heterocycles. The molecule has 0 heterocycles. The molecule has 0 fully saturated rings. The van der Waals surface area contributed by atoms with Crippen LogP contribution in [0.25, 0.3) is 0 Å². The van der Waals surface area contributed by atoms with Crippen LogP contribution < -0.4 is 9.80 Å². The fourth-order valence-electron chi connectivity index (χ4n) is 4.35. The van der Waals surface area contributed by atoms with Gasteiger partial charge < -0.3 is 9.84 Å². The second-order valence-electron chi connectivity index (χ2n) is 10.8. The Morgan fingerprint density at radius 2 is 1.51 bits per heavy atom. The van der Waals surface area contributed by atoms with Crippen molar-refractivity contribution >= 4 is 34.8 Å². The van der Waals surface area contributed by atoms with Crippen LogP contribution in [-0.4, -0.2) is 22.3 Å². The minimum atomic E-state index is -0.455. The van der Waals surface area contributed by atoms with E-state index in [4.69, 9.17) is 27.9 Å². The summed E-state index contributed by atoms with van der Waals surface area (Å²) in [6.07, 6.45) is 10.9. The Morgan fingerprint density at radius 1 is 0.919 bits per heavy atom. The quantitative estimate of drug-likeness (QED) is 0.131. The topological polar surface area (TPSA) is 70.0 Å². The third-order valence-corrected chi connectivity index (χ3v) is 6.90. The fraction of sp³-hybridized carbons (Fsp3) is 0.567. The van der Waals surface area contributed by atoms with Gasteiger partial charge in [0.25, 0.3) is 5.91 Å². The molecule has 2 N–H and O–H groups in total. The van der Waals surface area contributed by atoms with E-state index in [2.05, 4.69) is 6.92 Å². The van der Waals surface area contributed by atoms with Crippen molar-refractivity contribution in [2.45, 2.75) is 110 Å². The van der Waals surface area contributed by atoms with Crippen molar-refractivity contribution in [2.24, 2.45) is 0 Å². The molecule has 0 aromatic heterocycles. The fourth-order valence-corrected chi connectivity index (χ4v) is 4.86. The molecular weight excluding hydrogens is 509 g/mol. The zero-order chi connectivity index (χ0) is 27.4. The number of hydrogen-bond donors (Lipinski definition) is 2. The second kappa shape index (κ2) is 15.5. The van der Waals surface area contributed by atoms with Crippen molar-refractivity contribution in [1.29, 1.82) is 0 Å². The molecule has 0 saturated carbocycles. The van der Waals surface area contributed by atoms with E-state index in [1.807, 2.05) is 26.8 Å². The van der Waals surface area contributed by atoms with Crippen LogP contribution in [0.3, 0.4) is 0 Å². The first-order valence-electron chi connectivity index (χ1n) is 13.5. The normalized spacial score (nSPS) is 12.4. The maximum Gasteiger partial charge on any atom is 0.250 e. The van der Waals surface area contributed by atoms with Crippen molar-refractivity contribution in [3.05, 3.63) is 52.0 Å². The maximum absolute atomic E-state index is 12.8. The molecule has 206 valence electrons. The number of carbonyl (C=O) groups is 1. The Morgan fingerprint density at radius 3 is 2.11 bits per heavy atom. The summed E-state index contributed by atoms with van der Waals surface area (Å²) in [5, 5.41) is 22.0. The largest absolute Gasteiger partial charge is 0.508 e. The average Bonchev–Trinajstić information content (AvgIpc) is 2.83. The van der Waals surface area contributed by atoms with Gasteiger partial charge in [-0.1, -0.05) is 95.8 Å². The second-order valence-corrected chi connectivity index (χ2v) is 11.7. The summed E-state index contributed by atoms with van der Waals surface area (Å²) in [7, 11) is 0. The van der Waals surface area contributed by atoms with Gasteiger partial charge in [0.1, 0.15) is 11.5 Å². The Kier molecular flexibility index (Phi) is 13.1. The van der Waals surface area contributed by atoms with Crippen LogP contribution >= 0.6 is 23.2 Å². The Bertz CT molecular complexity index is 970. The molecule has 1 unspecified atom stereocenters. The summed E-state index contributed by atoms with van der Waals surface area (Å²) in [5.41, 5.74) is 0.810. The molecule has 0 aliphatic carbocycles. The van der Waals surface area contributed by atoms with Gasteiger partial charge in [0.2, 0.25) is 0 Å². The zero-order valence-electron chi connectivity index (χ0n) is 22.7. The molecular formula is C30H43Cl2NO4. The van der Waals surface area contributed by atoms with Gasteiger partial charge >= 0.3 is 0 Å². The van der Waals surface area contributed by atoms with Crippen LogP contribution in [-0.2, 0) is 10.2 Å². The van der Waals surface area contributed by atoms with Crippen LogP contribution in [0.2, 0.25) is 10.0 Å². The summed E-state index contributed by atoms with van der Waals surface area (Å²) in [6, 6.07) is 9.83. The highest BCUT2D eigenvalue weighted by Gasteiger charge is 2.21. The van der Waals surface area contributed by atoms with E-state index in [0.717, 1.165) is 24.8 Å². The third-order valence-electron chi connectivity index (χ3n) is 6.47. The third kappa shape index (κ3) is 11.1. The van der Waals surface area contributed by atoms with Crippen LogP contribution in [0.15, 0.2) is 36.4 Å². The lowest BCUT2D eigenvalue weighted by Crippen LogP contribution is -2.29. The van der Waals surface area contributed by atoms with Crippen LogP contribution in [0.4, 0.5) is 5.69 Å². The lowest BCUT2D eigenvalue weighted by atomic mass is 9.86. The summed E-state index contributed by atoms with van der Waals surface area (Å²) >= 11 is 12.0. The first-order valence-corrected chi connectivity index (χ1v) is 14.2. The summed E-state index contributed by atoms with van der Waals surface area (Å²) in [6.45, 7) is 8.35. The van der Waals surface area contributed by atoms with E-state index in [-0.39, 0.29) is 29.4 Å². The van der Waals surface area contributed by atoms with E-state index in [9.17, 15) is 15.1 Å². The number of benzene rings is 2. The molecule has 37 heavy (non-hydrogen) atoms. The number of anilines is 1. The van der Waals surface area contributed by atoms with E-state index >= 15 is 0 Å². The van der Waals surface area contributed by atoms with Gasteiger partial charge in [0.05, 0.1) is 11.8 Å². The van der Waals surface area contributed by atoms with Crippen molar-refractivity contribution in [1.82, 2.24) is 0 Å². The van der Waals surface area contributed by atoms with Gasteiger partial charge in [0, 0.05) is 22.0 Å². The summed E-state index contributed by atoms with van der Waals surface area (Å²) in [4.78, 5) is 12.8. The number of phenols is 1. The van der Waals surface area contributed by atoms with Gasteiger partial charge in [-0.15, -0.1) is 0 Å². The average molecular weight is 553 g/mol. The van der Waals surface area contributed by atoms with Gasteiger partial charge in [-0.2, -0.15) is 5.06 Å². The number of ether oxygens (including phenoxy) is 1. The molecule has 0 bridgehead atoms. The molecule has 0 aliphatic rings. The van der Waals surface area contributed by atoms with Gasteiger partial charge in [0.15, 0.2) is 0 Å². The number of halogens is 2. The van der Waals surface area contributed by atoms with Crippen LogP contribution in [0, 0.1) is 0 Å². The molecule has 2 rings (SSSR count). The van der Waals surface area contributed by atoms with Crippen molar-refractivity contribution in [3.8, 4) is 11.5 Å². The molecule has 0 saturated heterocycles. The predicted molar refractivity (Wildman–Crippen MR) is 153 cm³/mol. The summed E-state index contributed by atoms with van der Waals surface area (Å²) in [5.74, 6) is 0.455. The lowest BCUT2D eigenvalue weighted by Gasteiger charge is -2.24. The number of amides is 1. The van der Waals surface area contributed by atoms with Crippen LogP contribution in [0.1, 0.15) is 104 Å². The summed E-state index contributed by atoms with van der Waals surface area (Å²) < 4.78 is 6.33. The number of hydroxylamine groups is 1. The van der Waals surface area contributed by atoms with Gasteiger partial charge in [-0.3, -0.25) is 10.0 Å². The predicted octanol–water partition coefficient (Wildman–Crippen LogP) is 9.48. The maximum atomic E-state index is 12.8. The van der Waals surface area contributed by atoms with E-state index < -0.39 is 5.91 Å². The molecule has 5 nitrogen and oxygen atoms in total. The first-order chi connectivity index (χ1) is 17.5. The van der Waals surface area contributed by atoms with Crippen LogP contribution in [0.5, 0.6) is 11.5 Å². The molecule has 2 aromatic carbocycles. The number of rotatable bonds is 15. The molecule has 7 heteroatoms. The smallest absolute Gasteiger partial charge is 0.250 e. The van der Waals surface area contributed by atoms with E-state index in [0.29, 0.717) is 27.3 Å². The molecule has 1 amide bonds. The minimum Gasteiger partial charge on any atom is -0.508 e. The number of aromatic hydroxyl groups is 1. The number of hydrogen-bond acceptors (Lipinski definition) is 4. The van der Waals surface area contributed by atoms with Crippen molar-refractivity contribution < 1.29 is 19.8 Å². The van der Waals surface area contributed by atoms with Gasteiger partial charge in [-0.05, 0) is 61.1 Å². The Balaban J connectivity index is 2.02. The molecule has 2 aromatic rings. The number of carbonyl (C=O) groups excluding carboxylic acids is 1. The van der Waals surface area contributed by atoms with Gasteiger partial charge in [-0.25, -0.2) is 0 Å². The monoisotopic (exact) mass is 551 g/mol. The van der Waals surface area contributed by atoms with E-state index in [1.54, 1.807) is 18.2 Å². The molecule has 0 spiro atoms. The zero-order valence-corrected chi connectivity index (χ0v) is 24.2. The molecule has 0 radical (unpaired) electrons. The highest BCUT2D eigenvalue weighted by atomic mass is 35.5. The Labute approximate surface area is 232 Å². The number of phenolic OH excluding ortho intramolecular Hbond substituents is 1. The first kappa shape index (κ1) is 31.3. The van der Waals surface area contributed by atoms with E-state index in [1.165, 1.54) is 50.7 Å². The standard InChI is InChI=1S/C30H43Cl2NO4/c1-5-6-7-8-9-10-11-12-13-25(37-26-14-16-28(34)27(21-26)30(2,3)4)15-17-29(35)33(36)24-19-22(31)18-23(32)20-24/h14,16,18-21,25,34,36H,5-13,15,17H2,1-4H3. The highest BCUT2D eigenvalue weighted by molar-refractivity contribution is 6.35. The van der Waals surface area contributed by atoms with Crippen molar-refractivity contribution in [2.75, 3.05) is 5.06 Å². The van der Waals surface area contributed by atoms with Crippen molar-refractivity contribution in [3.63, 3.8) is 0 Å². The molecule has 1 atom stereocenters. The SMILES string of the molecule is CCCCCCCCCCC(CCC(=O)N(O)c1cc(Cl)cc(Cl)c1)Oc1ccc(O)c(C(C)(C)C)c1. The minimum absolute atomic E-state index is 0.104. The lowest BCUT2D eigenvalue weighted by molar-refractivity contribution is -0.124. The Hall–Kier alpha value is -1.95. The highest BCUT2D eigenvalue weighted by Crippen LogP contribution is 2.34. The number of nitrogens with zero attached hydrogens (tertiary/aromatic N) is 1.